The molecule has 0 N–H and O–H groups in total. The zero-order valence-electron chi connectivity index (χ0n) is 16.7. The zero-order chi connectivity index (χ0) is 20.6. The van der Waals surface area contributed by atoms with Crippen molar-refractivity contribution in [2.45, 2.75) is 29.8 Å². The highest BCUT2D eigenvalue weighted by atomic mass is 32.2. The Kier molecular flexibility index (Phi) is 5.04. The van der Waals surface area contributed by atoms with Crippen LogP contribution in [-0.2, 0) is 9.84 Å². The first kappa shape index (κ1) is 19.4. The first-order valence-electron chi connectivity index (χ1n) is 9.44. The van der Waals surface area contributed by atoms with Crippen LogP contribution in [0.3, 0.4) is 0 Å². The van der Waals surface area contributed by atoms with Gasteiger partial charge in [0.25, 0.3) is 5.16 Å². The Morgan fingerprint density at radius 2 is 1.55 bits per heavy atom. The van der Waals surface area contributed by atoms with Crippen molar-refractivity contribution < 1.29 is 17.9 Å². The number of anilines is 1. The average molecular weight is 413 g/mol. The molecule has 1 fully saturated rings. The molecule has 152 valence electrons. The highest BCUT2D eigenvalue weighted by molar-refractivity contribution is 7.91. The molecular formula is C21H23N3O4S. The number of sulfone groups is 1. The van der Waals surface area contributed by atoms with Crippen LogP contribution >= 0.6 is 0 Å². The molecule has 0 atom stereocenters. The van der Waals surface area contributed by atoms with E-state index in [0.717, 1.165) is 36.9 Å². The van der Waals surface area contributed by atoms with Gasteiger partial charge in [-0.15, -0.1) is 0 Å². The van der Waals surface area contributed by atoms with E-state index in [2.05, 4.69) is 14.9 Å². The molecular weight excluding hydrogens is 390 g/mol. The molecule has 0 saturated carbocycles. The normalized spacial score (nSPS) is 14.4. The molecule has 1 saturated heterocycles. The van der Waals surface area contributed by atoms with Gasteiger partial charge in [-0.1, -0.05) is 17.7 Å². The predicted molar refractivity (Wildman–Crippen MR) is 111 cm³/mol. The summed E-state index contributed by atoms with van der Waals surface area (Å²) in [6.45, 7) is 3.56. The molecule has 0 radical (unpaired) electrons. The van der Waals surface area contributed by atoms with E-state index in [1.165, 1.54) is 7.11 Å². The van der Waals surface area contributed by atoms with Crippen LogP contribution in [0.5, 0.6) is 11.5 Å². The Morgan fingerprint density at radius 1 is 0.931 bits per heavy atom. The van der Waals surface area contributed by atoms with Gasteiger partial charge in [-0.25, -0.2) is 13.4 Å². The van der Waals surface area contributed by atoms with Gasteiger partial charge in [0.1, 0.15) is 5.82 Å². The van der Waals surface area contributed by atoms with Crippen molar-refractivity contribution in [1.29, 1.82) is 0 Å². The van der Waals surface area contributed by atoms with Crippen LogP contribution in [0.1, 0.15) is 18.4 Å². The highest BCUT2D eigenvalue weighted by Crippen LogP contribution is 2.37. The van der Waals surface area contributed by atoms with Gasteiger partial charge in [-0.05, 0) is 38.0 Å². The lowest BCUT2D eigenvalue weighted by molar-refractivity contribution is 0.355. The second-order valence-corrected chi connectivity index (χ2v) is 8.91. The Hall–Kier alpha value is -2.87. The van der Waals surface area contributed by atoms with Crippen molar-refractivity contribution in [2.75, 3.05) is 32.2 Å². The van der Waals surface area contributed by atoms with E-state index in [9.17, 15) is 8.42 Å². The Morgan fingerprint density at radius 3 is 2.17 bits per heavy atom. The number of fused-ring (bicyclic) bond motifs is 1. The van der Waals surface area contributed by atoms with E-state index in [-0.39, 0.29) is 10.1 Å². The van der Waals surface area contributed by atoms with Gasteiger partial charge in [0.05, 0.1) is 24.6 Å². The van der Waals surface area contributed by atoms with Crippen LogP contribution in [0.4, 0.5) is 5.82 Å². The molecule has 4 rings (SSSR count). The van der Waals surface area contributed by atoms with Crippen molar-refractivity contribution in [1.82, 2.24) is 9.97 Å². The minimum atomic E-state index is -3.86. The van der Waals surface area contributed by atoms with E-state index in [1.807, 2.05) is 13.0 Å². The monoisotopic (exact) mass is 413 g/mol. The minimum Gasteiger partial charge on any atom is -0.493 e. The summed E-state index contributed by atoms with van der Waals surface area (Å²) in [6, 6.07) is 10.2. The third kappa shape index (κ3) is 3.48. The van der Waals surface area contributed by atoms with Crippen LogP contribution in [-0.4, -0.2) is 45.7 Å². The fourth-order valence-corrected chi connectivity index (χ4v) is 4.66. The maximum absolute atomic E-state index is 13.2. The minimum absolute atomic E-state index is 0.176. The van der Waals surface area contributed by atoms with Crippen molar-refractivity contribution in [2.24, 2.45) is 0 Å². The number of rotatable bonds is 5. The molecule has 7 nitrogen and oxygen atoms in total. The fourth-order valence-electron chi connectivity index (χ4n) is 3.53. The molecule has 1 aliphatic rings. The first-order valence-corrected chi connectivity index (χ1v) is 10.9. The van der Waals surface area contributed by atoms with Gasteiger partial charge in [0, 0.05) is 24.5 Å². The molecule has 1 aliphatic heterocycles. The highest BCUT2D eigenvalue weighted by Gasteiger charge is 2.26. The quantitative estimate of drug-likeness (QED) is 0.593. The van der Waals surface area contributed by atoms with Crippen molar-refractivity contribution in [3.63, 3.8) is 0 Å². The Balaban J connectivity index is 1.96. The summed E-state index contributed by atoms with van der Waals surface area (Å²) >= 11 is 0. The van der Waals surface area contributed by atoms with Gasteiger partial charge in [0.2, 0.25) is 9.84 Å². The van der Waals surface area contributed by atoms with E-state index >= 15 is 0 Å². The summed E-state index contributed by atoms with van der Waals surface area (Å²) in [6.07, 6.45) is 2.08. The lowest BCUT2D eigenvalue weighted by atomic mass is 10.2. The van der Waals surface area contributed by atoms with Crippen LogP contribution in [0.15, 0.2) is 46.5 Å². The number of hydrogen-bond acceptors (Lipinski definition) is 7. The Bertz CT molecular complexity index is 1150. The lowest BCUT2D eigenvalue weighted by Crippen LogP contribution is -2.21. The van der Waals surface area contributed by atoms with E-state index in [1.54, 1.807) is 37.4 Å². The molecule has 3 aromatic rings. The van der Waals surface area contributed by atoms with Crippen LogP contribution in [0.25, 0.3) is 10.9 Å². The number of aryl methyl sites for hydroxylation is 1. The maximum atomic E-state index is 13.2. The topological polar surface area (TPSA) is 81.6 Å². The second kappa shape index (κ2) is 7.51. The largest absolute Gasteiger partial charge is 0.493 e. The third-order valence-electron chi connectivity index (χ3n) is 5.14. The van der Waals surface area contributed by atoms with E-state index in [0.29, 0.717) is 22.8 Å². The van der Waals surface area contributed by atoms with Gasteiger partial charge in [0.15, 0.2) is 11.5 Å². The van der Waals surface area contributed by atoms with Crippen LogP contribution < -0.4 is 14.4 Å². The summed E-state index contributed by atoms with van der Waals surface area (Å²) in [4.78, 5) is 11.2. The molecule has 0 spiro atoms. The summed E-state index contributed by atoms with van der Waals surface area (Å²) in [7, 11) is -0.752. The standard InChI is InChI=1S/C21H23N3O4S/c1-14-6-8-15(9-7-14)29(25,26)21-22-17-13-19(28-3)18(27-2)12-16(17)20(23-21)24-10-4-5-11-24/h6-9,12-13H,4-5,10-11H2,1-3H3. The fraction of sp³-hybridized carbons (Fsp3) is 0.333. The molecule has 2 aromatic carbocycles. The summed E-state index contributed by atoms with van der Waals surface area (Å²) in [5, 5.41) is 0.537. The number of hydrogen-bond donors (Lipinski definition) is 0. The van der Waals surface area contributed by atoms with Gasteiger partial charge >= 0.3 is 0 Å². The lowest BCUT2D eigenvalue weighted by Gasteiger charge is -2.20. The maximum Gasteiger partial charge on any atom is 0.254 e. The molecule has 0 aliphatic carbocycles. The number of aromatic nitrogens is 2. The van der Waals surface area contributed by atoms with Gasteiger partial charge in [-0.2, -0.15) is 4.98 Å². The number of nitrogens with zero attached hydrogens (tertiary/aromatic N) is 3. The SMILES string of the molecule is COc1cc2nc(S(=O)(=O)c3ccc(C)cc3)nc(N3CCCC3)c2cc1OC. The smallest absolute Gasteiger partial charge is 0.254 e. The average Bonchev–Trinajstić information content (AvgIpc) is 3.26. The molecule has 0 amide bonds. The molecule has 2 heterocycles. The van der Waals surface area contributed by atoms with Crippen molar-refractivity contribution in [3.05, 3.63) is 42.0 Å². The first-order chi connectivity index (χ1) is 13.9. The van der Waals surface area contributed by atoms with E-state index < -0.39 is 9.84 Å². The summed E-state index contributed by atoms with van der Waals surface area (Å²) < 4.78 is 37.3. The number of methoxy groups -OCH3 is 2. The third-order valence-corrected chi connectivity index (χ3v) is 6.69. The number of ether oxygens (including phenoxy) is 2. The van der Waals surface area contributed by atoms with E-state index in [4.69, 9.17) is 9.47 Å². The van der Waals surface area contributed by atoms with Gasteiger partial charge in [-0.3, -0.25) is 0 Å². The zero-order valence-corrected chi connectivity index (χ0v) is 17.5. The van der Waals surface area contributed by atoms with Crippen molar-refractivity contribution >= 4 is 26.6 Å². The summed E-state index contributed by atoms with van der Waals surface area (Å²) in [5.74, 6) is 1.65. The van der Waals surface area contributed by atoms with Crippen molar-refractivity contribution in [3.8, 4) is 11.5 Å². The van der Waals surface area contributed by atoms with Gasteiger partial charge < -0.3 is 14.4 Å². The molecule has 0 bridgehead atoms. The molecule has 0 unspecified atom stereocenters. The second-order valence-electron chi connectivity index (χ2n) is 7.06. The molecule has 8 heteroatoms. The van der Waals surface area contributed by atoms with Crippen LogP contribution in [0.2, 0.25) is 0 Å². The number of benzene rings is 2. The molecule has 1 aromatic heterocycles. The molecule has 29 heavy (non-hydrogen) atoms. The summed E-state index contributed by atoms with van der Waals surface area (Å²) in [5.41, 5.74) is 1.49. The van der Waals surface area contributed by atoms with Crippen LogP contribution in [0, 0.1) is 6.92 Å². The Labute approximate surface area is 170 Å². The predicted octanol–water partition coefficient (Wildman–Crippen LogP) is 3.39.